The number of methoxy groups -OCH3 is 1. The molecule has 1 saturated heterocycles. The van der Waals surface area contributed by atoms with Crippen LogP contribution in [0.4, 0.5) is 5.95 Å². The van der Waals surface area contributed by atoms with E-state index in [1.807, 2.05) is 15.6 Å². The summed E-state index contributed by atoms with van der Waals surface area (Å²) in [5.74, 6) is 2.99. The van der Waals surface area contributed by atoms with Crippen LogP contribution in [0.1, 0.15) is 44.3 Å². The molecule has 4 atom stereocenters. The Hall–Kier alpha value is -2.00. The lowest BCUT2D eigenvalue weighted by molar-refractivity contribution is -0.0375. The minimum Gasteiger partial charge on any atom is -0.378 e. The first-order valence-corrected chi connectivity index (χ1v) is 10.9. The lowest BCUT2D eigenvalue weighted by Crippen LogP contribution is -2.38. The highest BCUT2D eigenvalue weighted by Crippen LogP contribution is 2.44. The second-order valence-electron chi connectivity index (χ2n) is 8.78. The van der Waals surface area contributed by atoms with Gasteiger partial charge in [-0.05, 0) is 50.4 Å². The van der Waals surface area contributed by atoms with Crippen LogP contribution in [0.3, 0.4) is 0 Å². The van der Waals surface area contributed by atoms with Crippen LogP contribution in [0.5, 0.6) is 0 Å². The van der Waals surface area contributed by atoms with E-state index in [-0.39, 0.29) is 12.1 Å². The molecular formula is C20H31N7O2. The summed E-state index contributed by atoms with van der Waals surface area (Å²) >= 11 is 0. The van der Waals surface area contributed by atoms with Crippen molar-refractivity contribution in [3.63, 3.8) is 0 Å². The molecule has 29 heavy (non-hydrogen) atoms. The van der Waals surface area contributed by atoms with Gasteiger partial charge in [-0.2, -0.15) is 10.1 Å². The molecule has 1 aliphatic heterocycles. The van der Waals surface area contributed by atoms with Crippen molar-refractivity contribution in [1.29, 1.82) is 0 Å². The molecule has 2 aromatic heterocycles. The second-order valence-corrected chi connectivity index (χ2v) is 8.78. The van der Waals surface area contributed by atoms with E-state index in [0.29, 0.717) is 18.4 Å². The van der Waals surface area contributed by atoms with Crippen LogP contribution in [0.2, 0.25) is 0 Å². The molecule has 3 fully saturated rings. The Kier molecular flexibility index (Phi) is 5.26. The molecule has 0 unspecified atom stereocenters. The molecule has 0 amide bonds. The van der Waals surface area contributed by atoms with E-state index in [4.69, 9.17) is 9.47 Å². The number of hydrogen-bond acceptors (Lipinski definition) is 7. The van der Waals surface area contributed by atoms with Crippen LogP contribution < -0.4 is 4.90 Å². The van der Waals surface area contributed by atoms with E-state index < -0.39 is 0 Å². The molecule has 0 aromatic carbocycles. The fourth-order valence-electron chi connectivity index (χ4n) is 4.97. The van der Waals surface area contributed by atoms with Crippen LogP contribution >= 0.6 is 0 Å². The summed E-state index contributed by atoms with van der Waals surface area (Å²) in [4.78, 5) is 6.93. The van der Waals surface area contributed by atoms with Crippen molar-refractivity contribution >= 4 is 5.95 Å². The molecule has 3 heterocycles. The van der Waals surface area contributed by atoms with Gasteiger partial charge in [0.05, 0.1) is 24.9 Å². The first-order valence-electron chi connectivity index (χ1n) is 10.9. The van der Waals surface area contributed by atoms with Gasteiger partial charge in [-0.3, -0.25) is 0 Å². The lowest BCUT2D eigenvalue weighted by atomic mass is 9.77. The molecule has 5 rings (SSSR count). The molecule has 158 valence electrons. The number of rotatable bonds is 8. The number of anilines is 1. The van der Waals surface area contributed by atoms with Crippen molar-refractivity contribution in [3.8, 4) is 0 Å². The van der Waals surface area contributed by atoms with E-state index in [2.05, 4.69) is 32.2 Å². The van der Waals surface area contributed by atoms with Crippen LogP contribution in [-0.2, 0) is 22.6 Å². The zero-order valence-electron chi connectivity index (χ0n) is 17.4. The molecule has 9 heteroatoms. The highest BCUT2D eigenvalue weighted by Gasteiger charge is 2.45. The highest BCUT2D eigenvalue weighted by atomic mass is 16.5. The number of nitrogens with zero attached hydrogens (tertiary/aromatic N) is 7. The van der Waals surface area contributed by atoms with Gasteiger partial charge in [0.2, 0.25) is 5.95 Å². The normalized spacial score (nSPS) is 29.4. The summed E-state index contributed by atoms with van der Waals surface area (Å²) in [6.45, 7) is 6.39. The number of aromatic nitrogens is 6. The Bertz CT molecular complexity index is 817. The first kappa shape index (κ1) is 19.0. The first-order chi connectivity index (χ1) is 14.2. The summed E-state index contributed by atoms with van der Waals surface area (Å²) in [5.41, 5.74) is 0.875. The maximum atomic E-state index is 6.45. The predicted octanol–water partition coefficient (Wildman–Crippen LogP) is 1.92. The largest absolute Gasteiger partial charge is 0.378 e. The molecule has 2 saturated carbocycles. The van der Waals surface area contributed by atoms with Gasteiger partial charge in [0.15, 0.2) is 0 Å². The Morgan fingerprint density at radius 3 is 2.76 bits per heavy atom. The van der Waals surface area contributed by atoms with Gasteiger partial charge in [0.25, 0.3) is 0 Å². The number of hydrogen-bond donors (Lipinski definition) is 0. The van der Waals surface area contributed by atoms with E-state index >= 15 is 0 Å². The number of aryl methyl sites for hydroxylation is 1. The van der Waals surface area contributed by atoms with E-state index in [0.717, 1.165) is 56.6 Å². The fourth-order valence-corrected chi connectivity index (χ4v) is 4.97. The monoisotopic (exact) mass is 401 g/mol. The minimum absolute atomic E-state index is 0.193. The molecule has 0 N–H and O–H groups in total. The van der Waals surface area contributed by atoms with E-state index in [9.17, 15) is 0 Å². The molecule has 9 nitrogen and oxygen atoms in total. The van der Waals surface area contributed by atoms with Crippen LogP contribution in [0.15, 0.2) is 12.5 Å². The van der Waals surface area contributed by atoms with Crippen LogP contribution in [-0.4, -0.2) is 62.7 Å². The number of ether oxygens (including phenoxy) is 2. The van der Waals surface area contributed by atoms with Gasteiger partial charge >= 0.3 is 0 Å². The van der Waals surface area contributed by atoms with Gasteiger partial charge < -0.3 is 14.4 Å². The van der Waals surface area contributed by atoms with Crippen molar-refractivity contribution in [3.05, 3.63) is 18.2 Å². The van der Waals surface area contributed by atoms with Crippen molar-refractivity contribution in [2.45, 2.75) is 57.9 Å². The fraction of sp³-hybridized carbons (Fsp3) is 0.800. The van der Waals surface area contributed by atoms with Gasteiger partial charge in [0.1, 0.15) is 12.0 Å². The Morgan fingerprint density at radius 1 is 1.17 bits per heavy atom. The van der Waals surface area contributed by atoms with Gasteiger partial charge in [-0.25, -0.2) is 9.36 Å². The molecule has 2 aliphatic carbocycles. The summed E-state index contributed by atoms with van der Waals surface area (Å²) < 4.78 is 15.7. The average molecular weight is 402 g/mol. The van der Waals surface area contributed by atoms with E-state index in [1.54, 1.807) is 13.4 Å². The zero-order valence-corrected chi connectivity index (χ0v) is 17.4. The second kappa shape index (κ2) is 8.02. The number of fused-ring (bicyclic) bond motifs is 1. The topological polar surface area (TPSA) is 83.1 Å². The highest BCUT2D eigenvalue weighted by molar-refractivity contribution is 5.32. The Morgan fingerprint density at radius 2 is 2.00 bits per heavy atom. The lowest BCUT2D eigenvalue weighted by Gasteiger charge is -2.37. The third-order valence-electron chi connectivity index (χ3n) is 6.70. The quantitative estimate of drug-likeness (QED) is 0.668. The molecule has 3 aliphatic rings. The molecule has 0 radical (unpaired) electrons. The third-order valence-corrected chi connectivity index (χ3v) is 6.70. The SMILES string of the molecule is CCn1ncnc1N1C[C@H]2C[C@@H](n3cc(COC)nn3)[C@H](OCC3CC3)C[C@H]2C1. The van der Waals surface area contributed by atoms with Crippen molar-refractivity contribution in [2.24, 2.45) is 17.8 Å². The summed E-state index contributed by atoms with van der Waals surface area (Å²) in [5, 5.41) is 13.1. The van der Waals surface area contributed by atoms with Gasteiger partial charge in [0, 0.05) is 33.4 Å². The zero-order chi connectivity index (χ0) is 19.8. The summed E-state index contributed by atoms with van der Waals surface area (Å²) in [7, 11) is 1.69. The maximum Gasteiger partial charge on any atom is 0.223 e. The average Bonchev–Trinajstić information content (AvgIpc) is 3.11. The molecule has 0 spiro atoms. The Labute approximate surface area is 171 Å². The maximum absolute atomic E-state index is 6.45. The predicted molar refractivity (Wildman–Crippen MR) is 106 cm³/mol. The molecule has 0 bridgehead atoms. The summed E-state index contributed by atoms with van der Waals surface area (Å²) in [6.07, 6.45) is 8.64. The van der Waals surface area contributed by atoms with Crippen molar-refractivity contribution in [1.82, 2.24) is 29.8 Å². The Balaban J connectivity index is 1.33. The smallest absolute Gasteiger partial charge is 0.223 e. The molecular weight excluding hydrogens is 370 g/mol. The van der Waals surface area contributed by atoms with Crippen LogP contribution in [0.25, 0.3) is 0 Å². The van der Waals surface area contributed by atoms with E-state index in [1.165, 1.54) is 12.8 Å². The van der Waals surface area contributed by atoms with Crippen molar-refractivity contribution in [2.75, 3.05) is 31.7 Å². The van der Waals surface area contributed by atoms with Gasteiger partial charge in [-0.1, -0.05) is 5.21 Å². The minimum atomic E-state index is 0.193. The standard InChI is InChI=1S/C20H31N7O2/c1-3-26-20(21-13-22-26)25-8-15-6-18(27-10-17(12-28-2)23-24-27)19(7-16(15)9-25)29-11-14-4-5-14/h10,13-16,18-19H,3-9,11-12H2,1-2H3/t15-,16+,18-,19-/m1/s1. The van der Waals surface area contributed by atoms with Crippen molar-refractivity contribution < 1.29 is 9.47 Å². The molecule has 2 aromatic rings. The summed E-state index contributed by atoms with van der Waals surface area (Å²) in [6, 6.07) is 0.233. The van der Waals surface area contributed by atoms with Crippen LogP contribution in [0, 0.1) is 17.8 Å². The third kappa shape index (κ3) is 3.90. The van der Waals surface area contributed by atoms with Gasteiger partial charge in [-0.15, -0.1) is 5.10 Å².